The van der Waals surface area contributed by atoms with Crippen LogP contribution < -0.4 is 9.47 Å². The lowest BCUT2D eigenvalue weighted by atomic mass is 9.75. The molecular formula is C23H27ClN2O3. The van der Waals surface area contributed by atoms with Crippen molar-refractivity contribution in [2.75, 3.05) is 14.2 Å². The minimum atomic E-state index is -0.468. The molecule has 0 spiro atoms. The highest BCUT2D eigenvalue weighted by Crippen LogP contribution is 2.44. The molecule has 1 aliphatic heterocycles. The van der Waals surface area contributed by atoms with Crippen LogP contribution in [0.15, 0.2) is 49.2 Å². The molecule has 1 unspecified atom stereocenters. The number of allylic oxidation sites excluding steroid dienone is 1. The maximum absolute atomic E-state index is 13.6. The summed E-state index contributed by atoms with van der Waals surface area (Å²) in [6.45, 7) is 6.28. The second-order valence-electron chi connectivity index (χ2n) is 7.62. The number of halogens is 1. The van der Waals surface area contributed by atoms with Gasteiger partial charge in [0.25, 0.3) is 0 Å². The monoisotopic (exact) mass is 414 g/mol. The Morgan fingerprint density at radius 3 is 2.72 bits per heavy atom. The minimum absolute atomic E-state index is 0.100. The summed E-state index contributed by atoms with van der Waals surface area (Å²) in [5.74, 6) is 1.50. The van der Waals surface area contributed by atoms with Crippen molar-refractivity contribution >= 4 is 17.5 Å². The number of methoxy groups -OCH3 is 2. The zero-order chi connectivity index (χ0) is 21.0. The molecule has 0 saturated carbocycles. The number of benzene rings is 1. The Bertz CT molecular complexity index is 884. The van der Waals surface area contributed by atoms with Crippen molar-refractivity contribution in [2.45, 2.75) is 38.8 Å². The normalized spacial score (nSPS) is 21.7. The number of hydrogen-bond donors (Lipinski definition) is 0. The van der Waals surface area contributed by atoms with Gasteiger partial charge in [0.15, 0.2) is 0 Å². The van der Waals surface area contributed by atoms with Gasteiger partial charge >= 0.3 is 0 Å². The fourth-order valence-electron chi connectivity index (χ4n) is 3.95. The molecule has 2 atom stereocenters. The standard InChI is InChI=1S/C23H27ClN2O3/c1-5-11-23(2)12-10-20(19-9-7-17(24)14-25-19)26(22(23)27)15-16-6-8-18(28-3)13-21(16)29-4/h5-9,13-14,20H,1,10-12,15H2,2-4H3/t20?,23-/m0/s1. The molecule has 0 bridgehead atoms. The molecule has 1 saturated heterocycles. The van der Waals surface area contributed by atoms with E-state index in [1.807, 2.05) is 48.2 Å². The predicted molar refractivity (Wildman–Crippen MR) is 114 cm³/mol. The average Bonchev–Trinajstić information content (AvgIpc) is 2.73. The summed E-state index contributed by atoms with van der Waals surface area (Å²) in [6, 6.07) is 9.25. The molecule has 0 radical (unpaired) electrons. The molecular weight excluding hydrogens is 388 g/mol. The van der Waals surface area contributed by atoms with Gasteiger partial charge in [0.1, 0.15) is 11.5 Å². The number of rotatable bonds is 7. The lowest BCUT2D eigenvalue weighted by Crippen LogP contribution is -2.48. The van der Waals surface area contributed by atoms with Crippen LogP contribution in [0.25, 0.3) is 0 Å². The van der Waals surface area contributed by atoms with Crippen molar-refractivity contribution in [3.63, 3.8) is 0 Å². The van der Waals surface area contributed by atoms with Crippen LogP contribution in [-0.2, 0) is 11.3 Å². The third-order valence-electron chi connectivity index (χ3n) is 5.64. The molecule has 1 aromatic carbocycles. The van der Waals surface area contributed by atoms with Crippen LogP contribution in [0.1, 0.15) is 43.5 Å². The van der Waals surface area contributed by atoms with Crippen LogP contribution in [-0.4, -0.2) is 30.0 Å². The van der Waals surface area contributed by atoms with Crippen LogP contribution in [0.4, 0.5) is 0 Å². The van der Waals surface area contributed by atoms with E-state index in [9.17, 15) is 4.79 Å². The number of pyridine rings is 1. The van der Waals surface area contributed by atoms with Gasteiger partial charge in [-0.3, -0.25) is 9.78 Å². The molecule has 1 amide bonds. The van der Waals surface area contributed by atoms with E-state index in [4.69, 9.17) is 21.1 Å². The zero-order valence-electron chi connectivity index (χ0n) is 17.2. The molecule has 6 heteroatoms. The molecule has 3 rings (SSSR count). The Labute approximate surface area is 177 Å². The molecule has 1 aromatic heterocycles. The first-order valence-corrected chi connectivity index (χ1v) is 10.0. The second-order valence-corrected chi connectivity index (χ2v) is 8.06. The quantitative estimate of drug-likeness (QED) is 0.584. The molecule has 1 aliphatic rings. The third-order valence-corrected chi connectivity index (χ3v) is 5.87. The summed E-state index contributed by atoms with van der Waals surface area (Å²) in [4.78, 5) is 20.0. The molecule has 2 aromatic rings. The van der Waals surface area contributed by atoms with E-state index >= 15 is 0 Å². The van der Waals surface area contributed by atoms with Gasteiger partial charge in [-0.2, -0.15) is 0 Å². The van der Waals surface area contributed by atoms with Gasteiger partial charge < -0.3 is 14.4 Å². The van der Waals surface area contributed by atoms with E-state index in [-0.39, 0.29) is 11.9 Å². The molecule has 1 fully saturated rings. The number of carbonyl (C=O) groups excluding carboxylic acids is 1. The summed E-state index contributed by atoms with van der Waals surface area (Å²) in [5, 5.41) is 0.579. The summed E-state index contributed by atoms with van der Waals surface area (Å²) in [6.07, 6.45) is 5.70. The van der Waals surface area contributed by atoms with E-state index in [1.54, 1.807) is 20.4 Å². The largest absolute Gasteiger partial charge is 0.497 e. The molecule has 0 aliphatic carbocycles. The van der Waals surface area contributed by atoms with Crippen molar-refractivity contribution in [3.05, 3.63) is 65.5 Å². The first-order valence-electron chi connectivity index (χ1n) is 9.66. The summed E-state index contributed by atoms with van der Waals surface area (Å²) < 4.78 is 10.8. The number of aromatic nitrogens is 1. The predicted octanol–water partition coefficient (Wildman–Crippen LogP) is 5.20. The van der Waals surface area contributed by atoms with Gasteiger partial charge in [-0.25, -0.2) is 0 Å². The number of amides is 1. The first-order chi connectivity index (χ1) is 13.9. The van der Waals surface area contributed by atoms with Crippen LogP contribution in [0.3, 0.4) is 0 Å². The number of likely N-dealkylation sites (tertiary alicyclic amines) is 1. The Kier molecular flexibility index (Phi) is 6.48. The van der Waals surface area contributed by atoms with Crippen LogP contribution in [0.5, 0.6) is 11.5 Å². The van der Waals surface area contributed by atoms with E-state index in [0.717, 1.165) is 24.1 Å². The number of nitrogens with zero attached hydrogens (tertiary/aromatic N) is 2. The lowest BCUT2D eigenvalue weighted by Gasteiger charge is -2.44. The lowest BCUT2D eigenvalue weighted by molar-refractivity contribution is -0.150. The second kappa shape index (κ2) is 8.87. The highest BCUT2D eigenvalue weighted by Gasteiger charge is 2.44. The van der Waals surface area contributed by atoms with Gasteiger partial charge in [-0.15, -0.1) is 6.58 Å². The molecule has 154 valence electrons. The smallest absolute Gasteiger partial charge is 0.229 e. The molecule has 29 heavy (non-hydrogen) atoms. The molecule has 0 N–H and O–H groups in total. The highest BCUT2D eigenvalue weighted by atomic mass is 35.5. The summed E-state index contributed by atoms with van der Waals surface area (Å²) >= 11 is 6.02. The molecule has 2 heterocycles. The maximum Gasteiger partial charge on any atom is 0.229 e. The fraction of sp³-hybridized carbons (Fsp3) is 0.391. The zero-order valence-corrected chi connectivity index (χ0v) is 17.9. The van der Waals surface area contributed by atoms with E-state index in [2.05, 4.69) is 11.6 Å². The van der Waals surface area contributed by atoms with Crippen molar-refractivity contribution in [3.8, 4) is 11.5 Å². The summed E-state index contributed by atoms with van der Waals surface area (Å²) in [7, 11) is 3.24. The van der Waals surface area contributed by atoms with Crippen molar-refractivity contribution in [1.29, 1.82) is 0 Å². The van der Waals surface area contributed by atoms with Gasteiger partial charge in [0, 0.05) is 24.4 Å². The van der Waals surface area contributed by atoms with Crippen molar-refractivity contribution < 1.29 is 14.3 Å². The fourth-order valence-corrected chi connectivity index (χ4v) is 4.07. The molecule has 5 nitrogen and oxygen atoms in total. The van der Waals surface area contributed by atoms with Gasteiger partial charge in [0.05, 0.1) is 36.4 Å². The van der Waals surface area contributed by atoms with E-state index in [0.29, 0.717) is 29.5 Å². The minimum Gasteiger partial charge on any atom is -0.497 e. The van der Waals surface area contributed by atoms with Gasteiger partial charge in [0.2, 0.25) is 5.91 Å². The van der Waals surface area contributed by atoms with Crippen LogP contribution >= 0.6 is 11.6 Å². The SMILES string of the molecule is C=CC[C@@]1(C)CCC(c2ccc(Cl)cn2)N(Cc2ccc(OC)cc2OC)C1=O. The maximum atomic E-state index is 13.6. The number of hydrogen-bond acceptors (Lipinski definition) is 4. The number of piperidine rings is 1. The third kappa shape index (κ3) is 4.40. The average molecular weight is 415 g/mol. The van der Waals surface area contributed by atoms with Gasteiger partial charge in [-0.1, -0.05) is 24.6 Å². The van der Waals surface area contributed by atoms with E-state index < -0.39 is 5.41 Å². The number of ether oxygens (including phenoxy) is 2. The van der Waals surface area contributed by atoms with E-state index in [1.165, 1.54) is 0 Å². The Balaban J connectivity index is 1.99. The van der Waals surface area contributed by atoms with Crippen molar-refractivity contribution in [1.82, 2.24) is 9.88 Å². The van der Waals surface area contributed by atoms with Crippen LogP contribution in [0, 0.1) is 5.41 Å². The Morgan fingerprint density at radius 1 is 1.31 bits per heavy atom. The Morgan fingerprint density at radius 2 is 2.10 bits per heavy atom. The Hall–Kier alpha value is -2.53. The summed E-state index contributed by atoms with van der Waals surface area (Å²) in [5.41, 5.74) is 1.30. The number of carbonyl (C=O) groups is 1. The van der Waals surface area contributed by atoms with Crippen LogP contribution in [0.2, 0.25) is 5.02 Å². The van der Waals surface area contributed by atoms with Gasteiger partial charge in [-0.05, 0) is 43.5 Å². The highest BCUT2D eigenvalue weighted by molar-refractivity contribution is 6.30. The topological polar surface area (TPSA) is 51.7 Å². The van der Waals surface area contributed by atoms with Crippen molar-refractivity contribution in [2.24, 2.45) is 5.41 Å². The first kappa shape index (κ1) is 21.2.